The maximum atomic E-state index is 12.1. The molecule has 3 rings (SSSR count). The highest BCUT2D eigenvalue weighted by atomic mass is 35.5. The van der Waals surface area contributed by atoms with E-state index in [1.807, 2.05) is 0 Å². The lowest BCUT2D eigenvalue weighted by atomic mass is 9.93. The molecule has 1 aromatic carbocycles. The molecule has 6 nitrogen and oxygen atoms in total. The summed E-state index contributed by atoms with van der Waals surface area (Å²) in [6.07, 6.45) is 6.74. The fraction of sp³-hybridized carbons (Fsp3) is 0.389. The number of hydrogen-bond donors (Lipinski definition) is 1. The van der Waals surface area contributed by atoms with Gasteiger partial charge in [0.1, 0.15) is 11.9 Å². The molecular formula is C18H19Cl2N3O3. The molecule has 0 atom stereocenters. The Morgan fingerprint density at radius 2 is 1.88 bits per heavy atom. The fourth-order valence-electron chi connectivity index (χ4n) is 2.83. The minimum Gasteiger partial charge on any atom is -0.482 e. The summed E-state index contributed by atoms with van der Waals surface area (Å²) in [4.78, 5) is 20.2. The molecule has 8 heteroatoms. The van der Waals surface area contributed by atoms with Gasteiger partial charge in [-0.3, -0.25) is 4.79 Å². The second kappa shape index (κ2) is 9.05. The Morgan fingerprint density at radius 3 is 2.58 bits per heavy atom. The minimum absolute atomic E-state index is 0.0784. The van der Waals surface area contributed by atoms with E-state index in [1.54, 1.807) is 36.7 Å². The van der Waals surface area contributed by atoms with Crippen LogP contribution in [-0.2, 0) is 4.79 Å². The average molecular weight is 396 g/mol. The zero-order valence-electron chi connectivity index (χ0n) is 14.0. The van der Waals surface area contributed by atoms with E-state index in [0.29, 0.717) is 21.8 Å². The third-order valence-corrected chi connectivity index (χ3v) is 4.64. The zero-order valence-corrected chi connectivity index (χ0v) is 15.5. The van der Waals surface area contributed by atoms with E-state index in [-0.39, 0.29) is 24.7 Å². The Balaban J connectivity index is 1.39. The maximum absolute atomic E-state index is 12.1. The SMILES string of the molecule is O=C(COc1ccc(Cl)cc1Cl)NC1CCC(Oc2ncccn2)CC1. The topological polar surface area (TPSA) is 73.3 Å². The van der Waals surface area contributed by atoms with E-state index < -0.39 is 0 Å². The molecule has 0 unspecified atom stereocenters. The van der Waals surface area contributed by atoms with Crippen molar-refractivity contribution in [2.24, 2.45) is 0 Å². The molecule has 1 amide bonds. The minimum atomic E-state index is -0.174. The number of aromatic nitrogens is 2. The van der Waals surface area contributed by atoms with Crippen molar-refractivity contribution < 1.29 is 14.3 Å². The van der Waals surface area contributed by atoms with Crippen molar-refractivity contribution >= 4 is 29.1 Å². The number of rotatable bonds is 6. The first kappa shape index (κ1) is 18.7. The van der Waals surface area contributed by atoms with Crippen LogP contribution in [-0.4, -0.2) is 34.6 Å². The standard InChI is InChI=1S/C18H19Cl2N3O3/c19-12-2-7-16(15(20)10-12)25-11-17(24)23-13-3-5-14(6-4-13)26-18-21-8-1-9-22-18/h1-2,7-10,13-14H,3-6,11H2,(H,23,24). The van der Waals surface area contributed by atoms with Gasteiger partial charge in [-0.15, -0.1) is 0 Å². The predicted octanol–water partition coefficient (Wildman–Crippen LogP) is 3.67. The lowest BCUT2D eigenvalue weighted by Gasteiger charge is -2.28. The molecule has 26 heavy (non-hydrogen) atoms. The number of halogens is 2. The molecule has 1 fully saturated rings. The molecule has 1 N–H and O–H groups in total. The Morgan fingerprint density at radius 1 is 1.15 bits per heavy atom. The largest absolute Gasteiger partial charge is 0.482 e. The number of carbonyl (C=O) groups is 1. The van der Waals surface area contributed by atoms with Crippen LogP contribution in [0.15, 0.2) is 36.7 Å². The van der Waals surface area contributed by atoms with Gasteiger partial charge in [-0.05, 0) is 49.9 Å². The summed E-state index contributed by atoms with van der Waals surface area (Å²) in [5.41, 5.74) is 0. The Labute approximate surface area is 161 Å². The van der Waals surface area contributed by atoms with Crippen LogP contribution < -0.4 is 14.8 Å². The number of carbonyl (C=O) groups excluding carboxylic acids is 1. The van der Waals surface area contributed by atoms with Crippen molar-refractivity contribution in [2.45, 2.75) is 37.8 Å². The van der Waals surface area contributed by atoms with Gasteiger partial charge in [0.25, 0.3) is 5.91 Å². The molecule has 0 saturated heterocycles. The molecule has 0 aliphatic heterocycles. The van der Waals surface area contributed by atoms with Crippen LogP contribution in [0.25, 0.3) is 0 Å². The first-order chi connectivity index (χ1) is 12.6. The molecule has 0 bridgehead atoms. The quantitative estimate of drug-likeness (QED) is 0.807. The van der Waals surface area contributed by atoms with Crippen LogP contribution in [0, 0.1) is 0 Å². The number of amides is 1. The third-order valence-electron chi connectivity index (χ3n) is 4.11. The Bertz CT molecular complexity index is 738. The smallest absolute Gasteiger partial charge is 0.316 e. The van der Waals surface area contributed by atoms with E-state index in [9.17, 15) is 4.79 Å². The van der Waals surface area contributed by atoms with Gasteiger partial charge in [0.15, 0.2) is 6.61 Å². The Kier molecular flexibility index (Phi) is 6.52. The third kappa shape index (κ3) is 5.47. The number of ether oxygens (including phenoxy) is 2. The van der Waals surface area contributed by atoms with E-state index in [4.69, 9.17) is 32.7 Å². The molecule has 1 saturated carbocycles. The first-order valence-electron chi connectivity index (χ1n) is 8.41. The normalized spacial score (nSPS) is 19.6. The zero-order chi connectivity index (χ0) is 18.4. The summed E-state index contributed by atoms with van der Waals surface area (Å²) in [6, 6.07) is 7.15. The van der Waals surface area contributed by atoms with Crippen LogP contribution in [0.1, 0.15) is 25.7 Å². The second-order valence-electron chi connectivity index (χ2n) is 6.05. The molecule has 0 spiro atoms. The van der Waals surface area contributed by atoms with Crippen molar-refractivity contribution in [3.8, 4) is 11.8 Å². The predicted molar refractivity (Wildman–Crippen MR) is 98.8 cm³/mol. The Hall–Kier alpha value is -2.05. The van der Waals surface area contributed by atoms with Gasteiger partial charge in [0.2, 0.25) is 0 Å². The number of hydrogen-bond acceptors (Lipinski definition) is 5. The molecule has 1 aliphatic carbocycles. The summed E-state index contributed by atoms with van der Waals surface area (Å²) in [5, 5.41) is 3.89. The summed E-state index contributed by atoms with van der Waals surface area (Å²) in [6.45, 7) is -0.0877. The molecular weight excluding hydrogens is 377 g/mol. The van der Waals surface area contributed by atoms with Gasteiger partial charge in [-0.2, -0.15) is 0 Å². The molecule has 138 valence electrons. The first-order valence-corrected chi connectivity index (χ1v) is 9.16. The van der Waals surface area contributed by atoms with Crippen LogP contribution in [0.3, 0.4) is 0 Å². The van der Waals surface area contributed by atoms with Gasteiger partial charge in [0, 0.05) is 23.5 Å². The highest BCUT2D eigenvalue weighted by Crippen LogP contribution is 2.27. The molecule has 0 radical (unpaired) electrons. The van der Waals surface area contributed by atoms with Gasteiger partial charge >= 0.3 is 6.01 Å². The summed E-state index contributed by atoms with van der Waals surface area (Å²) >= 11 is 11.9. The van der Waals surface area contributed by atoms with E-state index in [1.165, 1.54) is 0 Å². The van der Waals surface area contributed by atoms with Crippen molar-refractivity contribution in [3.05, 3.63) is 46.7 Å². The van der Waals surface area contributed by atoms with Crippen molar-refractivity contribution in [2.75, 3.05) is 6.61 Å². The number of nitrogens with zero attached hydrogens (tertiary/aromatic N) is 2. The summed E-state index contributed by atoms with van der Waals surface area (Å²) in [7, 11) is 0. The van der Waals surface area contributed by atoms with Gasteiger partial charge in [-0.1, -0.05) is 23.2 Å². The summed E-state index contributed by atoms with van der Waals surface area (Å²) < 4.78 is 11.2. The molecule has 1 heterocycles. The van der Waals surface area contributed by atoms with E-state index >= 15 is 0 Å². The van der Waals surface area contributed by atoms with Crippen LogP contribution in [0.2, 0.25) is 10.0 Å². The van der Waals surface area contributed by atoms with Crippen LogP contribution in [0.4, 0.5) is 0 Å². The molecule has 1 aromatic heterocycles. The van der Waals surface area contributed by atoms with Gasteiger partial charge < -0.3 is 14.8 Å². The molecule has 1 aliphatic rings. The van der Waals surface area contributed by atoms with Crippen molar-refractivity contribution in [1.82, 2.24) is 15.3 Å². The van der Waals surface area contributed by atoms with E-state index in [0.717, 1.165) is 25.7 Å². The number of benzene rings is 1. The fourth-order valence-corrected chi connectivity index (χ4v) is 3.29. The highest BCUT2D eigenvalue weighted by Gasteiger charge is 2.24. The van der Waals surface area contributed by atoms with Crippen molar-refractivity contribution in [3.63, 3.8) is 0 Å². The second-order valence-corrected chi connectivity index (χ2v) is 6.90. The van der Waals surface area contributed by atoms with E-state index in [2.05, 4.69) is 15.3 Å². The lowest BCUT2D eigenvalue weighted by molar-refractivity contribution is -0.124. The average Bonchev–Trinajstić information content (AvgIpc) is 2.63. The van der Waals surface area contributed by atoms with Gasteiger partial charge in [0.05, 0.1) is 5.02 Å². The number of nitrogens with one attached hydrogen (secondary N) is 1. The van der Waals surface area contributed by atoms with Crippen LogP contribution in [0.5, 0.6) is 11.8 Å². The highest BCUT2D eigenvalue weighted by molar-refractivity contribution is 6.35. The lowest BCUT2D eigenvalue weighted by Crippen LogP contribution is -2.41. The monoisotopic (exact) mass is 395 g/mol. The van der Waals surface area contributed by atoms with Gasteiger partial charge in [-0.25, -0.2) is 9.97 Å². The van der Waals surface area contributed by atoms with Crippen LogP contribution >= 0.6 is 23.2 Å². The molecule has 2 aromatic rings. The summed E-state index contributed by atoms with van der Waals surface area (Å²) in [5.74, 6) is 0.262. The maximum Gasteiger partial charge on any atom is 0.316 e. The van der Waals surface area contributed by atoms with Crippen molar-refractivity contribution in [1.29, 1.82) is 0 Å².